The second kappa shape index (κ2) is 5.56. The number of nitrogens with one attached hydrogen (secondary N) is 1. The maximum atomic E-state index is 12.1. The minimum Gasteiger partial charge on any atom is -0.396 e. The fraction of sp³-hybridized carbons (Fsp3) is 0.692. The zero-order valence-corrected chi connectivity index (χ0v) is 12.3. The molecule has 5 nitrogen and oxygen atoms in total. The van der Waals surface area contributed by atoms with Crippen molar-refractivity contribution >= 4 is 17.2 Å². The highest BCUT2D eigenvalue weighted by atomic mass is 32.1. The molecule has 0 saturated heterocycles. The van der Waals surface area contributed by atoms with E-state index in [0.29, 0.717) is 11.4 Å². The molecular weight excluding hydrogens is 264 g/mol. The van der Waals surface area contributed by atoms with Crippen LogP contribution in [0.15, 0.2) is 0 Å². The standard InChI is InChI=1S/C13H20N2O3S/c1-8-10(19-12(15-8)9(2)18-3)11(17)14-6-13(7-16)4-5-13/h9,16H,4-7H2,1-3H3,(H,14,17). The van der Waals surface area contributed by atoms with Crippen molar-refractivity contribution in [3.05, 3.63) is 15.6 Å². The van der Waals surface area contributed by atoms with E-state index in [1.165, 1.54) is 11.3 Å². The van der Waals surface area contributed by atoms with E-state index in [0.717, 1.165) is 23.5 Å². The van der Waals surface area contributed by atoms with E-state index in [-0.39, 0.29) is 24.0 Å². The van der Waals surface area contributed by atoms with Gasteiger partial charge in [0, 0.05) is 19.1 Å². The summed E-state index contributed by atoms with van der Waals surface area (Å²) in [4.78, 5) is 17.1. The zero-order valence-electron chi connectivity index (χ0n) is 11.5. The number of aliphatic hydroxyl groups excluding tert-OH is 1. The van der Waals surface area contributed by atoms with Crippen LogP contribution in [0.4, 0.5) is 0 Å². The van der Waals surface area contributed by atoms with Crippen molar-refractivity contribution in [2.24, 2.45) is 5.41 Å². The predicted molar refractivity (Wildman–Crippen MR) is 73.4 cm³/mol. The van der Waals surface area contributed by atoms with Crippen LogP contribution in [0.1, 0.15) is 46.2 Å². The Hall–Kier alpha value is -0.980. The van der Waals surface area contributed by atoms with Crippen molar-refractivity contribution in [3.8, 4) is 0 Å². The fourth-order valence-electron chi connectivity index (χ4n) is 1.82. The van der Waals surface area contributed by atoms with Crippen LogP contribution in [0.25, 0.3) is 0 Å². The van der Waals surface area contributed by atoms with Gasteiger partial charge in [0.05, 0.1) is 12.3 Å². The van der Waals surface area contributed by atoms with Gasteiger partial charge in [0.2, 0.25) is 0 Å². The lowest BCUT2D eigenvalue weighted by atomic mass is 10.1. The van der Waals surface area contributed by atoms with Crippen LogP contribution in [0.5, 0.6) is 0 Å². The van der Waals surface area contributed by atoms with E-state index in [1.54, 1.807) is 7.11 Å². The highest BCUT2D eigenvalue weighted by Crippen LogP contribution is 2.44. The van der Waals surface area contributed by atoms with Gasteiger partial charge in [-0.1, -0.05) is 0 Å². The van der Waals surface area contributed by atoms with Gasteiger partial charge >= 0.3 is 0 Å². The summed E-state index contributed by atoms with van der Waals surface area (Å²) < 4.78 is 5.21. The normalized spacial score (nSPS) is 18.1. The summed E-state index contributed by atoms with van der Waals surface area (Å²) >= 11 is 1.37. The molecule has 106 valence electrons. The van der Waals surface area contributed by atoms with Crippen LogP contribution < -0.4 is 5.32 Å². The lowest BCUT2D eigenvalue weighted by Crippen LogP contribution is -2.31. The third kappa shape index (κ3) is 3.13. The predicted octanol–water partition coefficient (Wildman–Crippen LogP) is 1.66. The van der Waals surface area contributed by atoms with E-state index in [9.17, 15) is 9.90 Å². The third-order valence-electron chi connectivity index (χ3n) is 3.64. The van der Waals surface area contributed by atoms with E-state index >= 15 is 0 Å². The van der Waals surface area contributed by atoms with Gasteiger partial charge in [-0.2, -0.15) is 0 Å². The lowest BCUT2D eigenvalue weighted by molar-refractivity contribution is 0.0938. The van der Waals surface area contributed by atoms with E-state index in [4.69, 9.17) is 4.74 Å². The number of thiazole rings is 1. The minimum absolute atomic E-state index is 0.0725. The van der Waals surface area contributed by atoms with Gasteiger partial charge < -0.3 is 15.2 Å². The van der Waals surface area contributed by atoms with Gasteiger partial charge in [-0.05, 0) is 26.7 Å². The number of rotatable bonds is 6. The fourth-order valence-corrected chi connectivity index (χ4v) is 2.83. The molecule has 0 bridgehead atoms. The van der Waals surface area contributed by atoms with Crippen molar-refractivity contribution in [1.29, 1.82) is 0 Å². The number of aliphatic hydroxyl groups is 1. The second-order valence-electron chi connectivity index (χ2n) is 5.19. The summed E-state index contributed by atoms with van der Waals surface area (Å²) in [5.41, 5.74) is 0.659. The molecular formula is C13H20N2O3S. The Balaban J connectivity index is 2.00. The number of aryl methyl sites for hydroxylation is 1. The molecule has 0 radical (unpaired) electrons. The lowest BCUT2D eigenvalue weighted by Gasteiger charge is -2.12. The number of carbonyl (C=O) groups is 1. The van der Waals surface area contributed by atoms with E-state index < -0.39 is 0 Å². The van der Waals surface area contributed by atoms with Crippen LogP contribution in [-0.4, -0.2) is 36.3 Å². The molecule has 0 spiro atoms. The summed E-state index contributed by atoms with van der Waals surface area (Å²) in [6.07, 6.45) is 1.87. The smallest absolute Gasteiger partial charge is 0.263 e. The first kappa shape index (κ1) is 14.4. The molecule has 2 rings (SSSR count). The highest BCUT2D eigenvalue weighted by molar-refractivity contribution is 7.13. The minimum atomic E-state index is -0.107. The molecule has 1 amide bonds. The molecule has 1 atom stereocenters. The molecule has 1 aliphatic carbocycles. The summed E-state index contributed by atoms with van der Waals surface area (Å²) in [7, 11) is 1.62. The number of hydrogen-bond donors (Lipinski definition) is 2. The number of carbonyl (C=O) groups excluding carboxylic acids is 1. The first-order valence-corrected chi connectivity index (χ1v) is 7.22. The monoisotopic (exact) mass is 284 g/mol. The van der Waals surface area contributed by atoms with Gasteiger partial charge in [0.15, 0.2) is 0 Å². The Kier molecular flexibility index (Phi) is 4.23. The van der Waals surface area contributed by atoms with Crippen molar-refractivity contribution in [2.45, 2.75) is 32.8 Å². The van der Waals surface area contributed by atoms with Gasteiger partial charge in [-0.15, -0.1) is 11.3 Å². The second-order valence-corrected chi connectivity index (χ2v) is 6.22. The van der Waals surface area contributed by atoms with Gasteiger partial charge in [0.25, 0.3) is 5.91 Å². The van der Waals surface area contributed by atoms with Crippen LogP contribution >= 0.6 is 11.3 Å². The first-order valence-electron chi connectivity index (χ1n) is 6.40. The van der Waals surface area contributed by atoms with Crippen LogP contribution in [0.2, 0.25) is 0 Å². The molecule has 1 fully saturated rings. The molecule has 1 unspecified atom stereocenters. The van der Waals surface area contributed by atoms with E-state index in [1.807, 2.05) is 13.8 Å². The van der Waals surface area contributed by atoms with Crippen LogP contribution in [0.3, 0.4) is 0 Å². The number of ether oxygens (including phenoxy) is 1. The number of aromatic nitrogens is 1. The van der Waals surface area contributed by atoms with Gasteiger partial charge in [-0.3, -0.25) is 4.79 Å². The molecule has 19 heavy (non-hydrogen) atoms. The van der Waals surface area contributed by atoms with Gasteiger partial charge in [-0.25, -0.2) is 4.98 Å². The SMILES string of the molecule is COC(C)c1nc(C)c(C(=O)NCC2(CO)CC2)s1. The topological polar surface area (TPSA) is 71.5 Å². The summed E-state index contributed by atoms with van der Waals surface area (Å²) in [6, 6.07) is 0. The quantitative estimate of drug-likeness (QED) is 0.833. The Labute approximate surface area is 117 Å². The maximum Gasteiger partial charge on any atom is 0.263 e. The average Bonchev–Trinajstić information content (AvgIpc) is 3.10. The molecule has 2 N–H and O–H groups in total. The molecule has 1 aliphatic rings. The summed E-state index contributed by atoms with van der Waals surface area (Å²) in [5, 5.41) is 12.9. The number of hydrogen-bond acceptors (Lipinski definition) is 5. The van der Waals surface area contributed by atoms with Crippen molar-refractivity contribution < 1.29 is 14.6 Å². The average molecular weight is 284 g/mol. The molecule has 1 heterocycles. The Bertz CT molecular complexity index is 468. The van der Waals surface area contributed by atoms with Gasteiger partial charge in [0.1, 0.15) is 16.0 Å². The summed E-state index contributed by atoms with van der Waals surface area (Å²) in [6.45, 7) is 4.41. The molecule has 1 aromatic heterocycles. The zero-order chi connectivity index (χ0) is 14.0. The van der Waals surface area contributed by atoms with Crippen molar-refractivity contribution in [3.63, 3.8) is 0 Å². The Morgan fingerprint density at radius 2 is 2.32 bits per heavy atom. The highest BCUT2D eigenvalue weighted by Gasteiger charge is 2.42. The third-order valence-corrected chi connectivity index (χ3v) is 4.95. The molecule has 0 aromatic carbocycles. The largest absolute Gasteiger partial charge is 0.396 e. The number of nitrogens with zero attached hydrogens (tertiary/aromatic N) is 1. The molecule has 1 saturated carbocycles. The van der Waals surface area contributed by atoms with Crippen molar-refractivity contribution in [2.75, 3.05) is 20.3 Å². The maximum absolute atomic E-state index is 12.1. The first-order chi connectivity index (χ1) is 9.01. The Morgan fingerprint density at radius 1 is 1.63 bits per heavy atom. The summed E-state index contributed by atoms with van der Waals surface area (Å²) in [5.74, 6) is -0.107. The number of amides is 1. The Morgan fingerprint density at radius 3 is 2.84 bits per heavy atom. The molecule has 0 aliphatic heterocycles. The number of methoxy groups -OCH3 is 1. The van der Waals surface area contributed by atoms with Crippen LogP contribution in [-0.2, 0) is 4.74 Å². The molecule has 1 aromatic rings. The van der Waals surface area contributed by atoms with Crippen molar-refractivity contribution in [1.82, 2.24) is 10.3 Å². The molecule has 6 heteroatoms. The van der Waals surface area contributed by atoms with E-state index in [2.05, 4.69) is 10.3 Å². The van der Waals surface area contributed by atoms with Crippen LogP contribution in [0, 0.1) is 12.3 Å².